The molecule has 0 atom stereocenters. The molecule has 0 aliphatic rings. The molecular weight excluding hydrogens is 306 g/mol. The zero-order valence-electron chi connectivity index (χ0n) is 12.2. The second kappa shape index (κ2) is 6.64. The first-order valence-electron chi connectivity index (χ1n) is 6.61. The van der Waals surface area contributed by atoms with E-state index in [-0.39, 0.29) is 11.1 Å². The van der Waals surface area contributed by atoms with Crippen LogP contribution in [-0.4, -0.2) is 15.5 Å². The van der Waals surface area contributed by atoms with Crippen molar-refractivity contribution in [2.24, 2.45) is 0 Å². The van der Waals surface area contributed by atoms with Gasteiger partial charge in [0.2, 0.25) is 0 Å². The van der Waals surface area contributed by atoms with Crippen molar-refractivity contribution in [3.05, 3.63) is 51.4 Å². The van der Waals surface area contributed by atoms with Crippen LogP contribution in [0, 0.1) is 0 Å². The minimum absolute atomic E-state index is 0.000414. The Balaban J connectivity index is 2.27. The van der Waals surface area contributed by atoms with Crippen molar-refractivity contribution in [1.29, 1.82) is 0 Å². The second-order valence-corrected chi connectivity index (χ2v) is 7.10. The van der Waals surface area contributed by atoms with E-state index in [0.717, 1.165) is 10.5 Å². The zero-order chi connectivity index (χ0) is 15.5. The van der Waals surface area contributed by atoms with Crippen LogP contribution in [-0.2, 0) is 6.54 Å². The molecule has 0 aliphatic heterocycles. The maximum absolute atomic E-state index is 11.3. The number of H-pyrrole nitrogens is 1. The van der Waals surface area contributed by atoms with Crippen LogP contribution in [0.3, 0.4) is 0 Å². The Morgan fingerprint density at radius 3 is 2.76 bits per heavy atom. The zero-order valence-corrected chi connectivity index (χ0v) is 13.8. The quantitative estimate of drug-likeness (QED) is 0.846. The summed E-state index contributed by atoms with van der Waals surface area (Å²) in [6, 6.07) is 7.13. The minimum atomic E-state index is -0.163. The second-order valence-electron chi connectivity index (χ2n) is 5.66. The molecule has 1 aromatic heterocycles. The fourth-order valence-electron chi connectivity index (χ4n) is 1.67. The number of nitrogens with one attached hydrogen (secondary N) is 2. The highest BCUT2D eigenvalue weighted by atomic mass is 35.5. The van der Waals surface area contributed by atoms with E-state index in [0.29, 0.717) is 16.7 Å². The molecular formula is C15H18ClN3OS. The molecule has 0 fully saturated rings. The molecule has 0 radical (unpaired) electrons. The van der Waals surface area contributed by atoms with E-state index >= 15 is 0 Å². The van der Waals surface area contributed by atoms with Gasteiger partial charge >= 0.3 is 0 Å². The summed E-state index contributed by atoms with van der Waals surface area (Å²) < 4.78 is 0. The number of aromatic nitrogens is 2. The summed E-state index contributed by atoms with van der Waals surface area (Å²) in [7, 11) is 0. The van der Waals surface area contributed by atoms with Gasteiger partial charge in [-0.1, -0.05) is 29.4 Å². The average Bonchev–Trinajstić information content (AvgIpc) is 2.37. The van der Waals surface area contributed by atoms with Crippen molar-refractivity contribution >= 4 is 23.4 Å². The van der Waals surface area contributed by atoms with Gasteiger partial charge in [0.25, 0.3) is 5.56 Å². The Labute approximate surface area is 133 Å². The van der Waals surface area contributed by atoms with Crippen molar-refractivity contribution in [2.45, 2.75) is 42.9 Å². The minimum Gasteiger partial charge on any atom is -0.308 e. The first-order chi connectivity index (χ1) is 9.85. The van der Waals surface area contributed by atoms with Crippen molar-refractivity contribution < 1.29 is 0 Å². The predicted octanol–water partition coefficient (Wildman–Crippen LogP) is 3.46. The van der Waals surface area contributed by atoms with Crippen LogP contribution in [0.25, 0.3) is 0 Å². The highest BCUT2D eigenvalue weighted by molar-refractivity contribution is 7.99. The number of hydrogen-bond donors (Lipinski definition) is 2. The molecule has 1 aromatic carbocycles. The number of nitrogens with zero attached hydrogens (tertiary/aromatic N) is 1. The maximum atomic E-state index is 11.3. The van der Waals surface area contributed by atoms with E-state index in [2.05, 4.69) is 36.1 Å². The Hall–Kier alpha value is -1.30. The molecule has 6 heteroatoms. The smallest absolute Gasteiger partial charge is 0.251 e. The molecule has 0 spiro atoms. The summed E-state index contributed by atoms with van der Waals surface area (Å²) in [5, 5.41) is 4.69. The Morgan fingerprint density at radius 1 is 1.33 bits per heavy atom. The number of halogens is 1. The lowest BCUT2D eigenvalue weighted by atomic mass is 10.1. The van der Waals surface area contributed by atoms with E-state index in [1.165, 1.54) is 24.0 Å². The van der Waals surface area contributed by atoms with Crippen LogP contribution < -0.4 is 10.9 Å². The Kier molecular flexibility index (Phi) is 5.08. The fraction of sp³-hybridized carbons (Fsp3) is 0.333. The largest absolute Gasteiger partial charge is 0.308 e. The third-order valence-corrected chi connectivity index (χ3v) is 4.08. The van der Waals surface area contributed by atoms with Crippen molar-refractivity contribution in [3.8, 4) is 0 Å². The van der Waals surface area contributed by atoms with Gasteiger partial charge in [0.15, 0.2) is 5.16 Å². The summed E-state index contributed by atoms with van der Waals surface area (Å²) in [6.45, 7) is 6.97. The van der Waals surface area contributed by atoms with Crippen molar-refractivity contribution in [2.75, 3.05) is 0 Å². The third kappa shape index (κ3) is 4.88. The molecule has 2 aromatic rings. The lowest BCUT2D eigenvalue weighted by Gasteiger charge is -2.22. The SMILES string of the molecule is CC(C)(C)NCc1c(Cl)cccc1Sc1nccc(=O)[nH]1. The highest BCUT2D eigenvalue weighted by Crippen LogP contribution is 2.31. The van der Waals surface area contributed by atoms with Crippen LogP contribution in [0.5, 0.6) is 0 Å². The molecule has 0 bridgehead atoms. The van der Waals surface area contributed by atoms with Gasteiger partial charge in [-0.15, -0.1) is 0 Å². The first kappa shape index (κ1) is 16.1. The Bertz CT molecular complexity index is 679. The van der Waals surface area contributed by atoms with Crippen LogP contribution >= 0.6 is 23.4 Å². The molecule has 0 unspecified atom stereocenters. The van der Waals surface area contributed by atoms with E-state index in [4.69, 9.17) is 11.6 Å². The van der Waals surface area contributed by atoms with Gasteiger partial charge in [-0.05, 0) is 38.5 Å². The van der Waals surface area contributed by atoms with Gasteiger partial charge in [0.1, 0.15) is 0 Å². The highest BCUT2D eigenvalue weighted by Gasteiger charge is 2.14. The van der Waals surface area contributed by atoms with Crippen LogP contribution in [0.1, 0.15) is 26.3 Å². The monoisotopic (exact) mass is 323 g/mol. The topological polar surface area (TPSA) is 57.8 Å². The van der Waals surface area contributed by atoms with Gasteiger partial charge in [0.05, 0.1) is 0 Å². The normalized spacial score (nSPS) is 11.6. The molecule has 0 saturated heterocycles. The Morgan fingerprint density at radius 2 is 2.10 bits per heavy atom. The summed E-state index contributed by atoms with van der Waals surface area (Å²) in [6.07, 6.45) is 1.50. The third-order valence-electron chi connectivity index (χ3n) is 2.73. The van der Waals surface area contributed by atoms with Crippen LogP contribution in [0.2, 0.25) is 5.02 Å². The summed E-state index contributed by atoms with van der Waals surface area (Å²) in [5.41, 5.74) is 0.843. The van der Waals surface area contributed by atoms with E-state index in [1.807, 2.05) is 18.2 Å². The molecule has 1 heterocycles. The maximum Gasteiger partial charge on any atom is 0.251 e. The van der Waals surface area contributed by atoms with Crippen molar-refractivity contribution in [3.63, 3.8) is 0 Å². The lowest BCUT2D eigenvalue weighted by Crippen LogP contribution is -2.35. The molecule has 2 N–H and O–H groups in total. The number of rotatable bonds is 4. The van der Waals surface area contributed by atoms with Gasteiger partial charge < -0.3 is 10.3 Å². The molecule has 0 saturated carbocycles. The van der Waals surface area contributed by atoms with E-state index in [1.54, 1.807) is 0 Å². The number of aromatic amines is 1. The van der Waals surface area contributed by atoms with Gasteiger partial charge in [-0.25, -0.2) is 4.98 Å². The lowest BCUT2D eigenvalue weighted by molar-refractivity contribution is 0.422. The molecule has 4 nitrogen and oxygen atoms in total. The van der Waals surface area contributed by atoms with E-state index < -0.39 is 0 Å². The van der Waals surface area contributed by atoms with E-state index in [9.17, 15) is 4.79 Å². The molecule has 0 amide bonds. The molecule has 112 valence electrons. The summed E-state index contributed by atoms with van der Waals surface area (Å²) in [5.74, 6) is 0. The predicted molar refractivity (Wildman–Crippen MR) is 87.0 cm³/mol. The summed E-state index contributed by atoms with van der Waals surface area (Å²) >= 11 is 7.71. The van der Waals surface area contributed by atoms with Crippen molar-refractivity contribution in [1.82, 2.24) is 15.3 Å². The first-order valence-corrected chi connectivity index (χ1v) is 7.80. The molecule has 2 rings (SSSR count). The molecule has 0 aliphatic carbocycles. The van der Waals surface area contributed by atoms with Gasteiger partial charge in [0, 0.05) is 34.3 Å². The number of benzene rings is 1. The number of hydrogen-bond acceptors (Lipinski definition) is 4. The van der Waals surface area contributed by atoms with Gasteiger partial charge in [-0.3, -0.25) is 4.79 Å². The standard InChI is InChI=1S/C15H18ClN3OS/c1-15(2,3)18-9-10-11(16)5-4-6-12(10)21-14-17-8-7-13(20)19-14/h4-8,18H,9H2,1-3H3,(H,17,19,20). The summed E-state index contributed by atoms with van der Waals surface area (Å²) in [4.78, 5) is 19.2. The van der Waals surface area contributed by atoms with Crippen LogP contribution in [0.4, 0.5) is 0 Å². The van der Waals surface area contributed by atoms with Gasteiger partial charge in [-0.2, -0.15) is 0 Å². The van der Waals surface area contributed by atoms with Crippen LogP contribution in [0.15, 0.2) is 45.3 Å². The fourth-order valence-corrected chi connectivity index (χ4v) is 2.89. The molecule has 21 heavy (non-hydrogen) atoms. The average molecular weight is 324 g/mol.